The summed E-state index contributed by atoms with van der Waals surface area (Å²) in [5.74, 6) is -0.735. The highest BCUT2D eigenvalue weighted by atomic mass is 32.1. The van der Waals surface area contributed by atoms with Crippen LogP contribution in [0, 0.1) is 18.8 Å². The Labute approximate surface area is 155 Å². The largest absolute Gasteiger partial charge is 0.302 e. The van der Waals surface area contributed by atoms with Crippen molar-refractivity contribution in [3.63, 3.8) is 0 Å². The average molecular weight is 371 g/mol. The molecule has 0 bridgehead atoms. The number of aromatic nitrogens is 1. The highest BCUT2D eigenvalue weighted by molar-refractivity contribution is 7.22. The average Bonchev–Trinajstić information content (AvgIpc) is 3.12. The normalized spacial score (nSPS) is 22.7. The van der Waals surface area contributed by atoms with Gasteiger partial charge in [-0.2, -0.15) is 0 Å². The minimum atomic E-state index is -0.226. The van der Waals surface area contributed by atoms with E-state index in [9.17, 15) is 14.4 Å². The number of benzene rings is 1. The van der Waals surface area contributed by atoms with Crippen LogP contribution in [-0.4, -0.2) is 34.2 Å². The van der Waals surface area contributed by atoms with Gasteiger partial charge in [-0.15, -0.1) is 0 Å². The lowest BCUT2D eigenvalue weighted by Crippen LogP contribution is -2.34. The first-order valence-electron chi connectivity index (χ1n) is 9.05. The van der Waals surface area contributed by atoms with Crippen molar-refractivity contribution in [3.05, 3.63) is 23.8 Å². The Morgan fingerprint density at radius 3 is 2.62 bits per heavy atom. The van der Waals surface area contributed by atoms with Gasteiger partial charge in [0.25, 0.3) is 0 Å². The molecule has 7 heteroatoms. The molecule has 2 aliphatic rings. The van der Waals surface area contributed by atoms with E-state index < -0.39 is 0 Å². The van der Waals surface area contributed by atoms with Gasteiger partial charge in [0.1, 0.15) is 0 Å². The molecule has 1 saturated heterocycles. The molecule has 2 atom stereocenters. The topological polar surface area (TPSA) is 79.4 Å². The zero-order chi connectivity index (χ0) is 18.3. The maximum absolute atomic E-state index is 12.4. The first kappa shape index (κ1) is 17.1. The van der Waals surface area contributed by atoms with Crippen molar-refractivity contribution in [2.45, 2.75) is 39.0 Å². The number of rotatable bonds is 4. The second kappa shape index (κ2) is 6.79. The number of carbonyl (C=O) groups is 3. The van der Waals surface area contributed by atoms with Crippen molar-refractivity contribution in [3.8, 4) is 0 Å². The van der Waals surface area contributed by atoms with Crippen molar-refractivity contribution < 1.29 is 14.4 Å². The number of imide groups is 1. The van der Waals surface area contributed by atoms with Gasteiger partial charge in [-0.3, -0.25) is 19.3 Å². The number of hydrogen-bond donors (Lipinski definition) is 1. The molecule has 0 spiro atoms. The van der Waals surface area contributed by atoms with Crippen LogP contribution in [0.3, 0.4) is 0 Å². The number of amides is 3. The number of likely N-dealkylation sites (tertiary alicyclic amines) is 1. The van der Waals surface area contributed by atoms with Crippen LogP contribution < -0.4 is 5.32 Å². The lowest BCUT2D eigenvalue weighted by Gasteiger charge is -2.19. The van der Waals surface area contributed by atoms with Crippen LogP contribution >= 0.6 is 11.3 Å². The van der Waals surface area contributed by atoms with Gasteiger partial charge in [-0.1, -0.05) is 30.2 Å². The summed E-state index contributed by atoms with van der Waals surface area (Å²) >= 11 is 1.42. The standard InChI is InChI=1S/C19H21N3O3S/c1-11-6-7-14-15(10-11)26-19(20-14)21-16(23)8-9-22-17(24)12-4-2-3-5-13(12)18(22)25/h6-7,10,12-13H,2-5,8-9H2,1H3,(H,20,21,23)/t12-,13-/m0/s1. The van der Waals surface area contributed by atoms with Crippen LogP contribution in [0.25, 0.3) is 10.2 Å². The molecule has 2 aromatic rings. The molecule has 6 nitrogen and oxygen atoms in total. The summed E-state index contributed by atoms with van der Waals surface area (Å²) < 4.78 is 1.02. The number of carbonyl (C=O) groups excluding carboxylic acids is 3. The van der Waals surface area contributed by atoms with E-state index in [1.807, 2.05) is 25.1 Å². The van der Waals surface area contributed by atoms with Gasteiger partial charge in [-0.05, 0) is 37.5 Å². The summed E-state index contributed by atoms with van der Waals surface area (Å²) in [4.78, 5) is 42.8. The van der Waals surface area contributed by atoms with Crippen molar-refractivity contribution in [1.82, 2.24) is 9.88 Å². The first-order valence-corrected chi connectivity index (χ1v) is 9.87. The van der Waals surface area contributed by atoms with Gasteiger partial charge in [0.2, 0.25) is 17.7 Å². The second-order valence-corrected chi connectivity index (χ2v) is 8.14. The Morgan fingerprint density at radius 2 is 1.92 bits per heavy atom. The van der Waals surface area contributed by atoms with Crippen LogP contribution in [0.15, 0.2) is 18.2 Å². The third kappa shape index (κ3) is 3.11. The molecule has 1 aromatic carbocycles. The molecule has 2 heterocycles. The van der Waals surface area contributed by atoms with Gasteiger partial charge in [0.15, 0.2) is 5.13 Å². The molecular formula is C19H21N3O3S. The quantitative estimate of drug-likeness (QED) is 0.838. The molecule has 136 valence electrons. The summed E-state index contributed by atoms with van der Waals surface area (Å²) in [6, 6.07) is 5.95. The van der Waals surface area contributed by atoms with Gasteiger partial charge >= 0.3 is 0 Å². The predicted octanol–water partition coefficient (Wildman–Crippen LogP) is 3.11. The zero-order valence-electron chi connectivity index (χ0n) is 14.7. The monoisotopic (exact) mass is 371 g/mol. The highest BCUT2D eigenvalue weighted by Gasteiger charge is 2.47. The molecule has 4 rings (SSSR count). The molecule has 3 amide bonds. The summed E-state index contributed by atoms with van der Waals surface area (Å²) in [7, 11) is 0. The van der Waals surface area contributed by atoms with Crippen molar-refractivity contribution in [1.29, 1.82) is 0 Å². The second-order valence-electron chi connectivity index (χ2n) is 7.11. The van der Waals surface area contributed by atoms with Crippen LogP contribution in [-0.2, 0) is 14.4 Å². The van der Waals surface area contributed by atoms with Gasteiger partial charge < -0.3 is 5.32 Å². The van der Waals surface area contributed by atoms with E-state index in [0.29, 0.717) is 5.13 Å². The Kier molecular flexibility index (Phi) is 4.48. The molecule has 2 fully saturated rings. The zero-order valence-corrected chi connectivity index (χ0v) is 15.5. The maximum Gasteiger partial charge on any atom is 0.233 e. The molecular weight excluding hydrogens is 350 g/mol. The van der Waals surface area contributed by atoms with Crippen LogP contribution in [0.4, 0.5) is 5.13 Å². The summed E-state index contributed by atoms with van der Waals surface area (Å²) in [5, 5.41) is 3.33. The highest BCUT2D eigenvalue weighted by Crippen LogP contribution is 2.38. The number of nitrogens with zero attached hydrogens (tertiary/aromatic N) is 2. The third-order valence-electron chi connectivity index (χ3n) is 5.29. The Hall–Kier alpha value is -2.28. The number of anilines is 1. The van der Waals surface area contributed by atoms with Gasteiger partial charge in [0.05, 0.1) is 22.1 Å². The van der Waals surface area contributed by atoms with E-state index >= 15 is 0 Å². The van der Waals surface area contributed by atoms with Crippen molar-refractivity contribution in [2.24, 2.45) is 11.8 Å². The van der Waals surface area contributed by atoms with Crippen molar-refractivity contribution in [2.75, 3.05) is 11.9 Å². The van der Waals surface area contributed by atoms with E-state index in [1.165, 1.54) is 16.2 Å². The fourth-order valence-corrected chi connectivity index (χ4v) is 4.91. The Morgan fingerprint density at radius 1 is 1.23 bits per heavy atom. The van der Waals surface area contributed by atoms with Crippen molar-refractivity contribution >= 4 is 44.4 Å². The third-order valence-corrected chi connectivity index (χ3v) is 6.22. The number of hydrogen-bond acceptors (Lipinski definition) is 5. The summed E-state index contributed by atoms with van der Waals surface area (Å²) in [5.41, 5.74) is 2.00. The van der Waals surface area contributed by atoms with Crippen LogP contribution in [0.5, 0.6) is 0 Å². The molecule has 0 unspecified atom stereocenters. The number of aryl methyl sites for hydroxylation is 1. The SMILES string of the molecule is Cc1ccc2nc(NC(=O)CCN3C(=O)[C@H]4CCCC[C@@H]4C3=O)sc2c1. The molecule has 1 aromatic heterocycles. The molecule has 1 saturated carbocycles. The number of nitrogens with one attached hydrogen (secondary N) is 1. The Bertz CT molecular complexity index is 867. The fourth-order valence-electron chi connectivity index (χ4n) is 3.93. The predicted molar refractivity (Wildman–Crippen MR) is 99.8 cm³/mol. The molecule has 1 aliphatic heterocycles. The lowest BCUT2D eigenvalue weighted by molar-refractivity contribution is -0.140. The minimum Gasteiger partial charge on any atom is -0.302 e. The van der Waals surface area contributed by atoms with Gasteiger partial charge in [0, 0.05) is 13.0 Å². The molecule has 1 aliphatic carbocycles. The van der Waals surface area contributed by atoms with Gasteiger partial charge in [-0.25, -0.2) is 4.98 Å². The fraction of sp³-hybridized carbons (Fsp3) is 0.474. The summed E-state index contributed by atoms with van der Waals surface area (Å²) in [6.07, 6.45) is 3.70. The lowest BCUT2D eigenvalue weighted by atomic mass is 9.81. The Balaban J connectivity index is 1.37. The molecule has 1 N–H and O–H groups in total. The van der Waals surface area contributed by atoms with Crippen LogP contribution in [0.1, 0.15) is 37.7 Å². The van der Waals surface area contributed by atoms with E-state index in [4.69, 9.17) is 0 Å². The molecule has 26 heavy (non-hydrogen) atoms. The maximum atomic E-state index is 12.4. The smallest absolute Gasteiger partial charge is 0.233 e. The van der Waals surface area contributed by atoms with E-state index in [2.05, 4.69) is 10.3 Å². The van der Waals surface area contributed by atoms with Crippen LogP contribution in [0.2, 0.25) is 0 Å². The number of fused-ring (bicyclic) bond motifs is 2. The van der Waals surface area contributed by atoms with E-state index in [1.54, 1.807) is 0 Å². The number of thiazole rings is 1. The van der Waals surface area contributed by atoms with E-state index in [0.717, 1.165) is 41.5 Å². The summed E-state index contributed by atoms with van der Waals surface area (Å²) in [6.45, 7) is 2.17. The minimum absolute atomic E-state index is 0.0945. The first-order chi connectivity index (χ1) is 12.5. The van der Waals surface area contributed by atoms with E-state index in [-0.39, 0.29) is 42.5 Å². The molecule has 0 radical (unpaired) electrons.